The van der Waals surface area contributed by atoms with Crippen LogP contribution in [0, 0.1) is 0 Å². The van der Waals surface area contributed by atoms with Crippen molar-refractivity contribution in [3.8, 4) is 0 Å². The molecule has 1 fully saturated rings. The van der Waals surface area contributed by atoms with Crippen molar-refractivity contribution in [1.29, 1.82) is 0 Å². The van der Waals surface area contributed by atoms with E-state index in [4.69, 9.17) is 12.2 Å². The van der Waals surface area contributed by atoms with Gasteiger partial charge in [0.1, 0.15) is 0 Å². The second kappa shape index (κ2) is 6.31. The van der Waals surface area contributed by atoms with E-state index < -0.39 is 0 Å². The van der Waals surface area contributed by atoms with Crippen molar-refractivity contribution in [1.82, 2.24) is 15.6 Å². The van der Waals surface area contributed by atoms with Crippen LogP contribution in [0.4, 0.5) is 0 Å². The first kappa shape index (κ1) is 14.9. The number of carbonyl (C=O) groups is 1. The van der Waals surface area contributed by atoms with E-state index >= 15 is 0 Å². The minimum atomic E-state index is -0.345. The van der Waals surface area contributed by atoms with Gasteiger partial charge >= 0.3 is 0 Å². The van der Waals surface area contributed by atoms with Gasteiger partial charge in [-0.25, -0.2) is 0 Å². The number of pyridine rings is 1. The van der Waals surface area contributed by atoms with Crippen molar-refractivity contribution in [3.63, 3.8) is 0 Å². The molecule has 1 aliphatic rings. The summed E-state index contributed by atoms with van der Waals surface area (Å²) in [5, 5.41) is 6.22. The summed E-state index contributed by atoms with van der Waals surface area (Å²) >= 11 is 5.61. The zero-order valence-electron chi connectivity index (χ0n) is 12.0. The summed E-state index contributed by atoms with van der Waals surface area (Å²) in [5.41, 5.74) is 0.736. The fourth-order valence-corrected chi connectivity index (χ4v) is 3.57. The van der Waals surface area contributed by atoms with E-state index in [2.05, 4.69) is 21.7 Å². The van der Waals surface area contributed by atoms with E-state index in [-0.39, 0.29) is 17.4 Å². The molecule has 20 heavy (non-hydrogen) atoms. The van der Waals surface area contributed by atoms with Crippen molar-refractivity contribution in [2.75, 3.05) is 7.05 Å². The highest BCUT2D eigenvalue weighted by atomic mass is 32.1. The maximum absolute atomic E-state index is 11.6. The molecule has 108 valence electrons. The van der Waals surface area contributed by atoms with Crippen LogP contribution >= 0.6 is 12.2 Å². The molecule has 2 atom stereocenters. The Balaban J connectivity index is 2.48. The number of carbonyl (C=O) groups excluding carboxylic acids is 1. The highest BCUT2D eigenvalue weighted by Gasteiger charge is 2.46. The molecule has 0 saturated heterocycles. The molecule has 1 aliphatic carbocycles. The molecule has 1 heterocycles. The van der Waals surface area contributed by atoms with Crippen molar-refractivity contribution < 1.29 is 4.79 Å². The predicted octanol–water partition coefficient (Wildman–Crippen LogP) is 1.94. The van der Waals surface area contributed by atoms with Crippen LogP contribution in [0.15, 0.2) is 24.5 Å². The van der Waals surface area contributed by atoms with Crippen LogP contribution in [0.1, 0.15) is 38.2 Å². The van der Waals surface area contributed by atoms with Crippen LogP contribution in [-0.4, -0.2) is 29.0 Å². The number of likely N-dealkylation sites (N-methyl/N-ethyl adjacent to an activating group) is 1. The molecule has 0 aliphatic heterocycles. The average Bonchev–Trinajstić information content (AvgIpc) is 2.47. The number of hydrogen-bond donors (Lipinski definition) is 2. The summed E-state index contributed by atoms with van der Waals surface area (Å²) in [4.78, 5) is 16.6. The molecule has 2 N–H and O–H groups in total. The van der Waals surface area contributed by atoms with Gasteiger partial charge in [0.2, 0.25) is 5.91 Å². The van der Waals surface area contributed by atoms with Gasteiger partial charge in [-0.05, 0) is 24.5 Å². The number of hydrogen-bond acceptors (Lipinski definition) is 3. The first-order chi connectivity index (χ1) is 9.61. The lowest BCUT2D eigenvalue weighted by atomic mass is 9.66. The van der Waals surface area contributed by atoms with Crippen LogP contribution in [-0.2, 0) is 10.2 Å². The second-order valence-corrected chi connectivity index (χ2v) is 5.70. The number of nitrogens with one attached hydrogen (secondary N) is 2. The molecule has 4 nitrogen and oxygen atoms in total. The maximum atomic E-state index is 11.6. The fourth-order valence-electron chi connectivity index (χ4n) is 3.21. The third kappa shape index (κ3) is 2.68. The second-order valence-electron chi connectivity index (χ2n) is 5.29. The summed E-state index contributed by atoms with van der Waals surface area (Å²) in [5.74, 6) is -0.0101. The first-order valence-electron chi connectivity index (χ1n) is 7.01. The van der Waals surface area contributed by atoms with Crippen LogP contribution < -0.4 is 10.6 Å². The van der Waals surface area contributed by atoms with Gasteiger partial charge < -0.3 is 10.6 Å². The Morgan fingerprint density at radius 2 is 2.30 bits per heavy atom. The lowest BCUT2D eigenvalue weighted by Crippen LogP contribution is -2.58. The van der Waals surface area contributed by atoms with Gasteiger partial charge in [0, 0.05) is 32.4 Å². The molecular weight excluding hydrogens is 270 g/mol. The quantitative estimate of drug-likeness (QED) is 0.836. The van der Waals surface area contributed by atoms with E-state index in [9.17, 15) is 4.79 Å². The molecule has 5 heteroatoms. The van der Waals surface area contributed by atoms with Gasteiger partial charge in [-0.3, -0.25) is 9.78 Å². The Morgan fingerprint density at radius 3 is 2.90 bits per heavy atom. The summed E-state index contributed by atoms with van der Waals surface area (Å²) < 4.78 is 0. The number of thiocarbonyl (C=S) groups is 1. The minimum absolute atomic E-state index is 0.0101. The summed E-state index contributed by atoms with van der Waals surface area (Å²) in [6.07, 6.45) is 7.71. The summed E-state index contributed by atoms with van der Waals surface area (Å²) in [7, 11) is 1.85. The molecule has 1 saturated carbocycles. The van der Waals surface area contributed by atoms with Crippen molar-refractivity contribution in [2.24, 2.45) is 0 Å². The molecule has 0 aromatic carbocycles. The van der Waals surface area contributed by atoms with Crippen LogP contribution in [0.5, 0.6) is 0 Å². The average molecular weight is 291 g/mol. The highest BCUT2D eigenvalue weighted by Crippen LogP contribution is 2.40. The Hall–Kier alpha value is -1.49. The maximum Gasteiger partial charge on any atom is 0.217 e. The molecule has 1 amide bonds. The molecule has 0 radical (unpaired) electrons. The van der Waals surface area contributed by atoms with Crippen LogP contribution in [0.3, 0.4) is 0 Å². The summed E-state index contributed by atoms with van der Waals surface area (Å²) in [6, 6.07) is 4.00. The predicted molar refractivity (Wildman–Crippen MR) is 83.6 cm³/mol. The molecule has 0 bridgehead atoms. The Morgan fingerprint density at radius 1 is 1.50 bits per heavy atom. The van der Waals surface area contributed by atoms with Crippen molar-refractivity contribution >= 4 is 23.1 Å². The molecule has 2 rings (SSSR count). The monoisotopic (exact) mass is 291 g/mol. The highest BCUT2D eigenvalue weighted by molar-refractivity contribution is 7.80. The van der Waals surface area contributed by atoms with Crippen molar-refractivity contribution in [2.45, 2.75) is 44.1 Å². The summed E-state index contributed by atoms with van der Waals surface area (Å²) in [6.45, 7) is 1.56. The Labute approximate surface area is 125 Å². The van der Waals surface area contributed by atoms with E-state index in [0.29, 0.717) is 0 Å². The zero-order valence-corrected chi connectivity index (χ0v) is 12.8. The van der Waals surface area contributed by atoms with Gasteiger partial charge in [-0.15, -0.1) is 0 Å². The van der Waals surface area contributed by atoms with Crippen molar-refractivity contribution in [3.05, 3.63) is 30.1 Å². The number of rotatable bonds is 3. The topological polar surface area (TPSA) is 54.0 Å². The number of aromatic nitrogens is 1. The van der Waals surface area contributed by atoms with E-state index in [1.54, 1.807) is 13.1 Å². The zero-order chi connectivity index (χ0) is 14.6. The first-order valence-corrected chi connectivity index (χ1v) is 7.42. The van der Waals surface area contributed by atoms with Crippen LogP contribution in [0.25, 0.3) is 0 Å². The van der Waals surface area contributed by atoms with Gasteiger partial charge in [0.25, 0.3) is 0 Å². The Kier molecular flexibility index (Phi) is 4.70. The minimum Gasteiger partial charge on any atom is -0.382 e. The third-order valence-electron chi connectivity index (χ3n) is 4.10. The third-order valence-corrected chi connectivity index (χ3v) is 4.66. The molecule has 1 aromatic rings. The van der Waals surface area contributed by atoms with E-state index in [0.717, 1.165) is 36.2 Å². The normalized spacial score (nSPS) is 25.8. The standard InChI is InChI=1S/C15H21N3OS/c1-11(19)18-13-7-3-4-8-15(13,14(20)16-2)12-6-5-9-17-10-12/h5-6,9-10,13H,3-4,7-8H2,1-2H3,(H,16,20)(H,18,19)/t13-,15+/m0/s1. The number of amides is 1. The molecule has 1 aromatic heterocycles. The van der Waals surface area contributed by atoms with E-state index in [1.165, 1.54) is 0 Å². The molecular formula is C15H21N3OS. The number of nitrogens with zero attached hydrogens (tertiary/aromatic N) is 1. The van der Waals surface area contributed by atoms with E-state index in [1.807, 2.05) is 19.3 Å². The van der Waals surface area contributed by atoms with Gasteiger partial charge in [-0.1, -0.05) is 31.1 Å². The molecule has 0 unspecified atom stereocenters. The lowest BCUT2D eigenvalue weighted by molar-refractivity contribution is -0.120. The SMILES string of the molecule is CNC(=S)[C@@]1(c2cccnc2)CCCC[C@@H]1NC(C)=O. The fraction of sp³-hybridized carbons (Fsp3) is 0.533. The Bertz CT molecular complexity index is 491. The van der Waals surface area contributed by atoms with Gasteiger partial charge in [0.05, 0.1) is 10.4 Å². The lowest BCUT2D eigenvalue weighted by Gasteiger charge is -2.44. The smallest absolute Gasteiger partial charge is 0.217 e. The largest absolute Gasteiger partial charge is 0.382 e. The van der Waals surface area contributed by atoms with Crippen LogP contribution in [0.2, 0.25) is 0 Å². The molecule has 0 spiro atoms. The van der Waals surface area contributed by atoms with Gasteiger partial charge in [-0.2, -0.15) is 0 Å². The van der Waals surface area contributed by atoms with Gasteiger partial charge in [0.15, 0.2) is 0 Å².